The fourth-order valence-corrected chi connectivity index (χ4v) is 3.75. The van der Waals surface area contributed by atoms with Crippen LogP contribution in [0.15, 0.2) is 16.7 Å². The third-order valence-electron chi connectivity index (χ3n) is 5.46. The quantitative estimate of drug-likeness (QED) is 0.745. The molecular formula is C20H27N3O3. The summed E-state index contributed by atoms with van der Waals surface area (Å²) in [6.07, 6.45) is 5.45. The zero-order valence-electron chi connectivity index (χ0n) is 15.8. The van der Waals surface area contributed by atoms with Crippen LogP contribution in [0.25, 0.3) is 0 Å². The molecular weight excluding hydrogens is 330 g/mol. The van der Waals surface area contributed by atoms with Crippen LogP contribution in [0.1, 0.15) is 59.2 Å². The molecule has 0 aromatic carbocycles. The van der Waals surface area contributed by atoms with Crippen molar-refractivity contribution in [3.63, 3.8) is 0 Å². The zero-order valence-corrected chi connectivity index (χ0v) is 15.8. The monoisotopic (exact) mass is 357 g/mol. The van der Waals surface area contributed by atoms with Crippen LogP contribution in [0.5, 0.6) is 0 Å². The molecule has 4 rings (SSSR count). The maximum Gasteiger partial charge on any atom is 0.258 e. The second-order valence-corrected chi connectivity index (χ2v) is 7.53. The lowest BCUT2D eigenvalue weighted by molar-refractivity contribution is 0.0633. The fraction of sp³-hybridized carbons (Fsp3) is 0.600. The Morgan fingerprint density at radius 2 is 2.15 bits per heavy atom. The smallest absolute Gasteiger partial charge is 0.258 e. The van der Waals surface area contributed by atoms with Crippen LogP contribution < -0.4 is 0 Å². The molecule has 2 aliphatic rings. The van der Waals surface area contributed by atoms with Crippen molar-refractivity contribution in [1.82, 2.24) is 14.5 Å². The molecule has 0 bridgehead atoms. The number of imidazole rings is 1. The Morgan fingerprint density at radius 3 is 2.85 bits per heavy atom. The molecule has 2 aromatic heterocycles. The first-order valence-electron chi connectivity index (χ1n) is 9.54. The summed E-state index contributed by atoms with van der Waals surface area (Å²) < 4.78 is 13.5. The van der Waals surface area contributed by atoms with Crippen LogP contribution in [-0.2, 0) is 17.7 Å². The van der Waals surface area contributed by atoms with E-state index < -0.39 is 0 Å². The fourth-order valence-electron chi connectivity index (χ4n) is 3.75. The highest BCUT2D eigenvalue weighted by Crippen LogP contribution is 2.30. The van der Waals surface area contributed by atoms with E-state index in [1.165, 1.54) is 18.5 Å². The number of amides is 1. The average molecular weight is 357 g/mol. The van der Waals surface area contributed by atoms with E-state index >= 15 is 0 Å². The van der Waals surface area contributed by atoms with Crippen LogP contribution >= 0.6 is 0 Å². The van der Waals surface area contributed by atoms with Crippen molar-refractivity contribution in [3.8, 4) is 0 Å². The Labute approximate surface area is 154 Å². The summed E-state index contributed by atoms with van der Waals surface area (Å²) in [6, 6.07) is 1.78. The first-order chi connectivity index (χ1) is 12.5. The number of rotatable bonds is 6. The van der Waals surface area contributed by atoms with Crippen molar-refractivity contribution < 1.29 is 13.9 Å². The van der Waals surface area contributed by atoms with Gasteiger partial charge in [0.2, 0.25) is 0 Å². The molecule has 1 atom stereocenters. The van der Waals surface area contributed by atoms with E-state index in [0.717, 1.165) is 43.7 Å². The highest BCUT2D eigenvalue weighted by atomic mass is 16.5. The molecule has 2 aromatic rings. The number of nitrogens with zero attached hydrogens (tertiary/aromatic N) is 3. The molecule has 6 nitrogen and oxygen atoms in total. The Kier molecular flexibility index (Phi) is 4.61. The van der Waals surface area contributed by atoms with Gasteiger partial charge in [0.25, 0.3) is 5.91 Å². The van der Waals surface area contributed by atoms with Crippen LogP contribution in [0, 0.1) is 19.8 Å². The highest BCUT2D eigenvalue weighted by molar-refractivity contribution is 5.95. The standard InChI is InChI=1S/C20H27N3O3/c1-13-10-18(15(3)26-13)20(24)22-7-8-23-17(11-21-19(23)14(22)2)6-9-25-12-16-4-5-16/h10-11,14,16H,4-9,12H2,1-3H3. The topological polar surface area (TPSA) is 60.5 Å². The van der Waals surface area contributed by atoms with Gasteiger partial charge in [-0.2, -0.15) is 0 Å². The first kappa shape index (κ1) is 17.3. The van der Waals surface area contributed by atoms with E-state index in [4.69, 9.17) is 9.15 Å². The second kappa shape index (κ2) is 6.91. The number of carbonyl (C=O) groups excluding carboxylic acids is 1. The summed E-state index contributed by atoms with van der Waals surface area (Å²) in [4.78, 5) is 19.5. The molecule has 140 valence electrons. The number of furan rings is 1. The number of carbonyl (C=O) groups is 1. The molecule has 1 saturated carbocycles. The second-order valence-electron chi connectivity index (χ2n) is 7.53. The van der Waals surface area contributed by atoms with Crippen molar-refractivity contribution >= 4 is 5.91 Å². The Hall–Kier alpha value is -2.08. The molecule has 6 heteroatoms. The maximum atomic E-state index is 13.0. The average Bonchev–Trinajstić information content (AvgIpc) is 3.25. The molecule has 0 spiro atoms. The number of ether oxygens (including phenoxy) is 1. The van der Waals surface area contributed by atoms with E-state index in [-0.39, 0.29) is 11.9 Å². The van der Waals surface area contributed by atoms with E-state index in [0.29, 0.717) is 17.9 Å². The third-order valence-corrected chi connectivity index (χ3v) is 5.46. The van der Waals surface area contributed by atoms with Crippen molar-refractivity contribution in [2.24, 2.45) is 5.92 Å². The number of aromatic nitrogens is 2. The van der Waals surface area contributed by atoms with Crippen molar-refractivity contribution in [1.29, 1.82) is 0 Å². The number of hydrogen-bond donors (Lipinski definition) is 0. The molecule has 26 heavy (non-hydrogen) atoms. The predicted octanol–water partition coefficient (Wildman–Crippen LogP) is 3.28. The van der Waals surface area contributed by atoms with E-state index in [1.807, 2.05) is 37.9 Å². The number of fused-ring (bicyclic) bond motifs is 1. The van der Waals surface area contributed by atoms with Gasteiger partial charge in [-0.15, -0.1) is 0 Å². The molecule has 0 radical (unpaired) electrons. The molecule has 1 amide bonds. The molecule has 1 aliphatic heterocycles. The van der Waals surface area contributed by atoms with E-state index in [9.17, 15) is 4.79 Å². The van der Waals surface area contributed by atoms with Crippen molar-refractivity contribution in [3.05, 3.63) is 40.9 Å². The summed E-state index contributed by atoms with van der Waals surface area (Å²) >= 11 is 0. The van der Waals surface area contributed by atoms with Gasteiger partial charge in [-0.3, -0.25) is 4.79 Å². The Balaban J connectivity index is 1.44. The molecule has 0 saturated heterocycles. The highest BCUT2D eigenvalue weighted by Gasteiger charge is 2.32. The number of aryl methyl sites for hydroxylation is 2. The zero-order chi connectivity index (χ0) is 18.3. The summed E-state index contributed by atoms with van der Waals surface area (Å²) in [5.41, 5.74) is 1.85. The molecule has 1 fully saturated rings. The summed E-state index contributed by atoms with van der Waals surface area (Å²) in [5.74, 6) is 3.23. The molecule has 1 aliphatic carbocycles. The van der Waals surface area contributed by atoms with Crippen LogP contribution in [0.3, 0.4) is 0 Å². The minimum Gasteiger partial charge on any atom is -0.466 e. The summed E-state index contributed by atoms with van der Waals surface area (Å²) in [6.45, 7) is 8.85. The molecule has 0 N–H and O–H groups in total. The molecule has 1 unspecified atom stereocenters. The van der Waals surface area contributed by atoms with Crippen molar-refractivity contribution in [2.45, 2.75) is 52.6 Å². The Morgan fingerprint density at radius 1 is 1.35 bits per heavy atom. The van der Waals surface area contributed by atoms with Gasteiger partial charge in [0, 0.05) is 38.0 Å². The van der Waals surface area contributed by atoms with Gasteiger partial charge >= 0.3 is 0 Å². The molecule has 3 heterocycles. The third kappa shape index (κ3) is 3.30. The lowest BCUT2D eigenvalue weighted by atomic mass is 10.1. The SMILES string of the molecule is Cc1cc(C(=O)N2CCn3c(CCOCC4CC4)cnc3C2C)c(C)o1. The summed E-state index contributed by atoms with van der Waals surface area (Å²) in [7, 11) is 0. The predicted molar refractivity (Wildman–Crippen MR) is 97.1 cm³/mol. The number of hydrogen-bond acceptors (Lipinski definition) is 4. The van der Waals surface area contributed by atoms with Crippen molar-refractivity contribution in [2.75, 3.05) is 19.8 Å². The van der Waals surface area contributed by atoms with Crippen LogP contribution in [0.4, 0.5) is 0 Å². The van der Waals surface area contributed by atoms with Crippen LogP contribution in [-0.4, -0.2) is 40.1 Å². The van der Waals surface area contributed by atoms with Crippen LogP contribution in [0.2, 0.25) is 0 Å². The minimum atomic E-state index is -0.0491. The van der Waals surface area contributed by atoms with Gasteiger partial charge in [0.05, 0.1) is 18.2 Å². The maximum absolute atomic E-state index is 13.0. The van der Waals surface area contributed by atoms with Gasteiger partial charge in [-0.05, 0) is 45.6 Å². The first-order valence-corrected chi connectivity index (χ1v) is 9.54. The van der Waals surface area contributed by atoms with Gasteiger partial charge in [-0.1, -0.05) is 0 Å². The largest absolute Gasteiger partial charge is 0.466 e. The Bertz CT molecular complexity index is 803. The minimum absolute atomic E-state index is 0.0235. The van der Waals surface area contributed by atoms with Gasteiger partial charge in [0.15, 0.2) is 0 Å². The van der Waals surface area contributed by atoms with Gasteiger partial charge < -0.3 is 18.6 Å². The normalized spacial score (nSPS) is 19.7. The van der Waals surface area contributed by atoms with E-state index in [1.54, 1.807) is 0 Å². The lowest BCUT2D eigenvalue weighted by Gasteiger charge is -2.34. The van der Waals surface area contributed by atoms with E-state index in [2.05, 4.69) is 9.55 Å². The van der Waals surface area contributed by atoms with Gasteiger partial charge in [0.1, 0.15) is 17.3 Å². The lowest BCUT2D eigenvalue weighted by Crippen LogP contribution is -2.41. The van der Waals surface area contributed by atoms with Gasteiger partial charge in [-0.25, -0.2) is 4.98 Å². The summed E-state index contributed by atoms with van der Waals surface area (Å²) in [5, 5.41) is 0.